The molecule has 3 amide bonds. The summed E-state index contributed by atoms with van der Waals surface area (Å²) in [6.07, 6.45) is 5.70. The van der Waals surface area contributed by atoms with Gasteiger partial charge in [-0.15, -0.1) is 0 Å². The van der Waals surface area contributed by atoms with E-state index in [9.17, 15) is 23.6 Å². The lowest BCUT2D eigenvalue weighted by atomic mass is 9.53. The summed E-state index contributed by atoms with van der Waals surface area (Å²) in [5.74, 6) is -1.49. The van der Waals surface area contributed by atoms with E-state index in [2.05, 4.69) is 20.7 Å². The van der Waals surface area contributed by atoms with Gasteiger partial charge in [0.15, 0.2) is 17.2 Å². The molecule has 4 aliphatic rings. The standard InChI is InChI=1S/C28H29FN6O5/c29-19-13-33-35-21(25(38)32-15-27-3-6-28(7-4-27,8-5-27)26(30)39)11-20(34-23(19)35)24(37)31-12-16-1-2-22-17(9-16)10-18(36)14-40-22/h1-2,9,11,13H,3-8,10,12,14-15H2,(H2,30,39)(H,31,37)(H,32,38). The van der Waals surface area contributed by atoms with Gasteiger partial charge in [-0.25, -0.2) is 13.9 Å². The van der Waals surface area contributed by atoms with Gasteiger partial charge < -0.3 is 21.1 Å². The minimum Gasteiger partial charge on any atom is -0.486 e. The Morgan fingerprint density at radius 2 is 1.80 bits per heavy atom. The van der Waals surface area contributed by atoms with Crippen molar-refractivity contribution >= 4 is 29.2 Å². The number of ether oxygens (including phenoxy) is 1. The molecule has 0 spiro atoms. The van der Waals surface area contributed by atoms with Crippen LogP contribution in [0.15, 0.2) is 30.5 Å². The molecule has 12 heteroatoms. The number of fused-ring (bicyclic) bond motifs is 5. The number of ketones is 1. The third-order valence-electron chi connectivity index (χ3n) is 8.80. The van der Waals surface area contributed by atoms with E-state index in [0.29, 0.717) is 31.6 Å². The minimum atomic E-state index is -0.760. The number of amides is 3. The van der Waals surface area contributed by atoms with E-state index in [4.69, 9.17) is 10.5 Å². The molecule has 40 heavy (non-hydrogen) atoms. The zero-order chi connectivity index (χ0) is 28.1. The quantitative estimate of drug-likeness (QED) is 0.407. The van der Waals surface area contributed by atoms with Gasteiger partial charge in [0.1, 0.15) is 23.7 Å². The summed E-state index contributed by atoms with van der Waals surface area (Å²) < 4.78 is 21.0. The van der Waals surface area contributed by atoms with Gasteiger partial charge in [-0.3, -0.25) is 19.2 Å². The lowest BCUT2D eigenvalue weighted by Gasteiger charge is -2.52. The van der Waals surface area contributed by atoms with E-state index in [0.717, 1.165) is 41.1 Å². The number of hydrogen-bond donors (Lipinski definition) is 3. The highest BCUT2D eigenvalue weighted by Crippen LogP contribution is 2.56. The second-order valence-electron chi connectivity index (χ2n) is 11.2. The average Bonchev–Trinajstić information content (AvgIpc) is 3.35. The van der Waals surface area contributed by atoms with Crippen molar-refractivity contribution in [2.45, 2.75) is 51.5 Å². The second-order valence-corrected chi connectivity index (χ2v) is 11.2. The Labute approximate surface area is 228 Å². The maximum atomic E-state index is 14.5. The van der Waals surface area contributed by atoms with Gasteiger partial charge in [-0.2, -0.15) is 5.10 Å². The highest BCUT2D eigenvalue weighted by Gasteiger charge is 2.51. The summed E-state index contributed by atoms with van der Waals surface area (Å²) in [7, 11) is 0. The third kappa shape index (κ3) is 4.56. The highest BCUT2D eigenvalue weighted by atomic mass is 19.1. The lowest BCUT2D eigenvalue weighted by molar-refractivity contribution is -0.136. The number of nitrogens with two attached hydrogens (primary N) is 1. The molecular weight excluding hydrogens is 519 g/mol. The number of nitrogens with one attached hydrogen (secondary N) is 2. The SMILES string of the molecule is NC(=O)C12CCC(CNC(=O)c3cc(C(=O)NCc4ccc5c(c4)CC(=O)CO5)nc4c(F)cnn34)(CC1)CC2. The molecule has 0 saturated heterocycles. The van der Waals surface area contributed by atoms with Gasteiger partial charge in [0.2, 0.25) is 5.91 Å². The van der Waals surface area contributed by atoms with Gasteiger partial charge >= 0.3 is 0 Å². The molecule has 208 valence electrons. The Hall–Kier alpha value is -4.35. The summed E-state index contributed by atoms with van der Waals surface area (Å²) in [4.78, 5) is 54.1. The van der Waals surface area contributed by atoms with Gasteiger partial charge in [0.25, 0.3) is 11.8 Å². The smallest absolute Gasteiger partial charge is 0.270 e. The third-order valence-corrected chi connectivity index (χ3v) is 8.80. The first-order valence-electron chi connectivity index (χ1n) is 13.3. The maximum Gasteiger partial charge on any atom is 0.270 e. The van der Waals surface area contributed by atoms with Crippen molar-refractivity contribution in [3.63, 3.8) is 0 Å². The summed E-state index contributed by atoms with van der Waals surface area (Å²) >= 11 is 0. The zero-order valence-corrected chi connectivity index (χ0v) is 21.8. The fourth-order valence-corrected chi connectivity index (χ4v) is 6.19. The number of aromatic nitrogens is 3. The van der Waals surface area contributed by atoms with Crippen molar-refractivity contribution in [2.24, 2.45) is 16.6 Å². The highest BCUT2D eigenvalue weighted by molar-refractivity contribution is 5.98. The first-order chi connectivity index (χ1) is 19.2. The molecule has 0 unspecified atom stereocenters. The molecule has 0 atom stereocenters. The van der Waals surface area contributed by atoms with Crippen LogP contribution >= 0.6 is 0 Å². The Morgan fingerprint density at radius 3 is 2.52 bits per heavy atom. The van der Waals surface area contributed by atoms with E-state index >= 15 is 0 Å². The van der Waals surface area contributed by atoms with Crippen LogP contribution in [0.25, 0.3) is 5.65 Å². The number of hydrogen-bond acceptors (Lipinski definition) is 7. The predicted octanol–water partition coefficient (Wildman–Crippen LogP) is 1.86. The average molecular weight is 549 g/mol. The zero-order valence-electron chi connectivity index (χ0n) is 21.8. The van der Waals surface area contributed by atoms with E-state index in [-0.39, 0.29) is 53.7 Å². The number of primary amides is 1. The fraction of sp³-hybridized carbons (Fsp3) is 0.429. The summed E-state index contributed by atoms with van der Waals surface area (Å²) in [5.41, 5.74) is 6.22. The lowest BCUT2D eigenvalue weighted by Crippen LogP contribution is -2.52. The molecule has 1 aromatic carbocycles. The van der Waals surface area contributed by atoms with Gasteiger partial charge in [0, 0.05) is 36.6 Å². The van der Waals surface area contributed by atoms with Crippen LogP contribution in [0.5, 0.6) is 5.75 Å². The van der Waals surface area contributed by atoms with Crippen molar-refractivity contribution in [3.8, 4) is 5.75 Å². The molecule has 11 nitrogen and oxygen atoms in total. The Kier molecular flexibility index (Phi) is 6.27. The van der Waals surface area contributed by atoms with Crippen LogP contribution in [0.1, 0.15) is 70.6 Å². The Balaban J connectivity index is 1.17. The molecule has 7 rings (SSSR count). The van der Waals surface area contributed by atoms with Crippen molar-refractivity contribution in [2.75, 3.05) is 13.2 Å². The summed E-state index contributed by atoms with van der Waals surface area (Å²) in [6, 6.07) is 6.62. The van der Waals surface area contributed by atoms with Crippen LogP contribution in [0.3, 0.4) is 0 Å². The predicted molar refractivity (Wildman–Crippen MR) is 139 cm³/mol. The molecule has 3 heterocycles. The number of benzene rings is 1. The largest absolute Gasteiger partial charge is 0.486 e. The number of carbonyl (C=O) groups is 4. The van der Waals surface area contributed by atoms with Crippen LogP contribution in [-0.2, 0) is 22.6 Å². The van der Waals surface area contributed by atoms with Crippen LogP contribution in [0.4, 0.5) is 4.39 Å². The molecule has 2 bridgehead atoms. The minimum absolute atomic E-state index is 0.0157. The molecule has 4 N–H and O–H groups in total. The number of carbonyl (C=O) groups excluding carboxylic acids is 4. The summed E-state index contributed by atoms with van der Waals surface area (Å²) in [5, 5.41) is 9.64. The fourth-order valence-electron chi connectivity index (χ4n) is 6.19. The van der Waals surface area contributed by atoms with Crippen molar-refractivity contribution in [1.82, 2.24) is 25.2 Å². The molecular formula is C28H29FN6O5. The van der Waals surface area contributed by atoms with E-state index < -0.39 is 23.0 Å². The first kappa shape index (κ1) is 25.9. The van der Waals surface area contributed by atoms with Crippen LogP contribution in [0, 0.1) is 16.6 Å². The molecule has 3 saturated carbocycles. The van der Waals surface area contributed by atoms with E-state index in [1.54, 1.807) is 18.2 Å². The van der Waals surface area contributed by atoms with E-state index in [1.165, 1.54) is 6.07 Å². The van der Waals surface area contributed by atoms with Crippen molar-refractivity contribution in [3.05, 3.63) is 58.8 Å². The molecule has 3 aromatic rings. The number of Topliss-reactive ketones (excluding diaryl/α,β-unsaturated/α-hetero) is 1. The van der Waals surface area contributed by atoms with Gasteiger partial charge in [-0.05, 0) is 61.6 Å². The Bertz CT molecular complexity index is 1540. The van der Waals surface area contributed by atoms with Crippen molar-refractivity contribution in [1.29, 1.82) is 0 Å². The molecule has 3 aliphatic carbocycles. The normalized spacial score (nSPS) is 23.4. The number of nitrogens with zero attached hydrogens (tertiary/aromatic N) is 3. The second kappa shape index (κ2) is 9.68. The van der Waals surface area contributed by atoms with Crippen molar-refractivity contribution < 1.29 is 28.3 Å². The van der Waals surface area contributed by atoms with E-state index in [1.807, 2.05) is 0 Å². The number of rotatable bonds is 7. The Morgan fingerprint density at radius 1 is 1.05 bits per heavy atom. The van der Waals surface area contributed by atoms with Crippen LogP contribution in [0.2, 0.25) is 0 Å². The monoisotopic (exact) mass is 548 g/mol. The molecule has 0 radical (unpaired) electrons. The van der Waals surface area contributed by atoms with Crippen LogP contribution < -0.4 is 21.1 Å². The number of halogens is 1. The topological polar surface area (TPSA) is 158 Å². The summed E-state index contributed by atoms with van der Waals surface area (Å²) in [6.45, 7) is 0.571. The van der Waals surface area contributed by atoms with Gasteiger partial charge in [0.05, 0.1) is 6.20 Å². The first-order valence-corrected chi connectivity index (χ1v) is 13.3. The molecule has 3 fully saturated rings. The van der Waals surface area contributed by atoms with Crippen LogP contribution in [-0.4, -0.2) is 51.3 Å². The molecule has 1 aliphatic heterocycles. The maximum absolute atomic E-state index is 14.5. The molecule has 2 aromatic heterocycles. The van der Waals surface area contributed by atoms with Gasteiger partial charge in [-0.1, -0.05) is 6.07 Å².